The standard InChI is InChI=1S/C13H12FNO3/c1-17-9-3-4-12(18-2)10(6-9)13-11(14)5-8(16)7-15-13/h3-7,16H,1-2H3. The van der Waals surface area contributed by atoms with Gasteiger partial charge in [-0.1, -0.05) is 0 Å². The Hall–Kier alpha value is -2.30. The van der Waals surface area contributed by atoms with Crippen LogP contribution in [0.3, 0.4) is 0 Å². The molecule has 0 saturated carbocycles. The van der Waals surface area contributed by atoms with Crippen LogP contribution in [0.5, 0.6) is 17.2 Å². The van der Waals surface area contributed by atoms with E-state index in [1.54, 1.807) is 18.2 Å². The number of ether oxygens (including phenoxy) is 2. The molecule has 18 heavy (non-hydrogen) atoms. The van der Waals surface area contributed by atoms with Crippen LogP contribution in [0.1, 0.15) is 0 Å². The monoisotopic (exact) mass is 249 g/mol. The number of nitrogens with zero attached hydrogens (tertiary/aromatic N) is 1. The number of rotatable bonds is 3. The number of hydrogen-bond acceptors (Lipinski definition) is 4. The fourth-order valence-corrected chi connectivity index (χ4v) is 1.63. The van der Waals surface area contributed by atoms with E-state index >= 15 is 0 Å². The third kappa shape index (κ3) is 2.20. The van der Waals surface area contributed by atoms with E-state index in [-0.39, 0.29) is 11.4 Å². The minimum Gasteiger partial charge on any atom is -0.506 e. The van der Waals surface area contributed by atoms with Crippen LogP contribution in [0.4, 0.5) is 4.39 Å². The molecule has 0 fully saturated rings. The van der Waals surface area contributed by atoms with Crippen LogP contribution >= 0.6 is 0 Å². The molecule has 0 unspecified atom stereocenters. The van der Waals surface area contributed by atoms with Crippen LogP contribution in [0.25, 0.3) is 11.3 Å². The molecule has 0 atom stereocenters. The van der Waals surface area contributed by atoms with Gasteiger partial charge in [-0.05, 0) is 18.2 Å². The fraction of sp³-hybridized carbons (Fsp3) is 0.154. The number of methoxy groups -OCH3 is 2. The number of pyridine rings is 1. The van der Waals surface area contributed by atoms with Gasteiger partial charge in [-0.2, -0.15) is 0 Å². The van der Waals surface area contributed by atoms with Crippen molar-refractivity contribution in [2.75, 3.05) is 14.2 Å². The molecule has 0 spiro atoms. The maximum atomic E-state index is 13.8. The molecule has 4 nitrogen and oxygen atoms in total. The van der Waals surface area contributed by atoms with Gasteiger partial charge in [0.1, 0.15) is 22.9 Å². The van der Waals surface area contributed by atoms with Crippen molar-refractivity contribution in [3.05, 3.63) is 36.3 Å². The Labute approximate surface area is 104 Å². The van der Waals surface area contributed by atoms with Crippen LogP contribution in [0.2, 0.25) is 0 Å². The normalized spacial score (nSPS) is 10.2. The van der Waals surface area contributed by atoms with Crippen molar-refractivity contribution in [2.45, 2.75) is 0 Å². The highest BCUT2D eigenvalue weighted by molar-refractivity contribution is 5.69. The van der Waals surface area contributed by atoms with Gasteiger partial charge in [0.15, 0.2) is 5.82 Å². The zero-order chi connectivity index (χ0) is 13.1. The van der Waals surface area contributed by atoms with E-state index in [4.69, 9.17) is 14.6 Å². The molecule has 0 aliphatic heterocycles. The topological polar surface area (TPSA) is 51.6 Å². The van der Waals surface area contributed by atoms with Gasteiger partial charge in [0.25, 0.3) is 0 Å². The quantitative estimate of drug-likeness (QED) is 0.908. The van der Waals surface area contributed by atoms with Crippen molar-refractivity contribution in [3.8, 4) is 28.5 Å². The summed E-state index contributed by atoms with van der Waals surface area (Å²) in [5.74, 6) is 0.202. The van der Waals surface area contributed by atoms with Crippen molar-refractivity contribution >= 4 is 0 Å². The first-order valence-electron chi connectivity index (χ1n) is 5.22. The van der Waals surface area contributed by atoms with E-state index in [1.165, 1.54) is 20.4 Å². The molecule has 1 aromatic heterocycles. The number of aromatic nitrogens is 1. The summed E-state index contributed by atoms with van der Waals surface area (Å²) in [4.78, 5) is 3.87. The van der Waals surface area contributed by atoms with Crippen LogP contribution in [-0.2, 0) is 0 Å². The Kier molecular flexibility index (Phi) is 3.32. The van der Waals surface area contributed by atoms with Gasteiger partial charge in [-0.15, -0.1) is 0 Å². The molecular formula is C13H12FNO3. The van der Waals surface area contributed by atoms with Crippen molar-refractivity contribution in [1.82, 2.24) is 4.98 Å². The predicted octanol–water partition coefficient (Wildman–Crippen LogP) is 2.61. The molecular weight excluding hydrogens is 237 g/mol. The van der Waals surface area contributed by atoms with Crippen LogP contribution in [-0.4, -0.2) is 24.3 Å². The van der Waals surface area contributed by atoms with Gasteiger partial charge >= 0.3 is 0 Å². The molecule has 0 bridgehead atoms. The lowest BCUT2D eigenvalue weighted by molar-refractivity contribution is 0.404. The largest absolute Gasteiger partial charge is 0.506 e. The number of halogens is 1. The zero-order valence-electron chi connectivity index (χ0n) is 9.98. The maximum Gasteiger partial charge on any atom is 0.153 e. The maximum absolute atomic E-state index is 13.8. The summed E-state index contributed by atoms with van der Waals surface area (Å²) in [6.45, 7) is 0. The average Bonchev–Trinajstić information content (AvgIpc) is 2.38. The molecule has 0 aliphatic carbocycles. The van der Waals surface area contributed by atoms with Crippen molar-refractivity contribution in [1.29, 1.82) is 0 Å². The summed E-state index contributed by atoms with van der Waals surface area (Å²) in [6.07, 6.45) is 1.18. The molecule has 0 amide bonds. The van der Waals surface area contributed by atoms with E-state index in [9.17, 15) is 4.39 Å². The van der Waals surface area contributed by atoms with Crippen molar-refractivity contribution < 1.29 is 19.0 Å². The lowest BCUT2D eigenvalue weighted by Gasteiger charge is -2.10. The molecule has 94 valence electrons. The van der Waals surface area contributed by atoms with Crippen LogP contribution < -0.4 is 9.47 Å². The van der Waals surface area contributed by atoms with Gasteiger partial charge in [0.05, 0.1) is 20.4 Å². The molecule has 0 saturated heterocycles. The lowest BCUT2D eigenvalue weighted by Crippen LogP contribution is -1.94. The second-order valence-corrected chi connectivity index (χ2v) is 3.59. The first kappa shape index (κ1) is 12.2. The minimum atomic E-state index is -0.624. The Morgan fingerprint density at radius 2 is 1.94 bits per heavy atom. The summed E-state index contributed by atoms with van der Waals surface area (Å²) in [7, 11) is 3.01. The second kappa shape index (κ2) is 4.91. The van der Waals surface area contributed by atoms with E-state index in [0.29, 0.717) is 17.1 Å². The summed E-state index contributed by atoms with van der Waals surface area (Å²) < 4.78 is 24.0. The van der Waals surface area contributed by atoms with Gasteiger partial charge in [-0.3, -0.25) is 0 Å². The molecule has 0 radical (unpaired) electrons. The summed E-state index contributed by atoms with van der Waals surface area (Å²) in [5.41, 5.74) is 0.568. The van der Waals surface area contributed by atoms with Crippen molar-refractivity contribution in [3.63, 3.8) is 0 Å². The average molecular weight is 249 g/mol. The molecule has 2 aromatic rings. The van der Waals surface area contributed by atoms with Gasteiger partial charge in [-0.25, -0.2) is 9.37 Å². The highest BCUT2D eigenvalue weighted by Gasteiger charge is 2.14. The third-order valence-electron chi connectivity index (χ3n) is 2.49. The molecule has 0 aliphatic rings. The van der Waals surface area contributed by atoms with Crippen molar-refractivity contribution in [2.24, 2.45) is 0 Å². The van der Waals surface area contributed by atoms with Gasteiger partial charge in [0, 0.05) is 11.6 Å². The summed E-state index contributed by atoms with van der Waals surface area (Å²) in [5, 5.41) is 9.15. The Bertz CT molecular complexity index is 572. The summed E-state index contributed by atoms with van der Waals surface area (Å²) >= 11 is 0. The van der Waals surface area contributed by atoms with Gasteiger partial charge in [0.2, 0.25) is 0 Å². The van der Waals surface area contributed by atoms with E-state index in [2.05, 4.69) is 4.98 Å². The summed E-state index contributed by atoms with van der Waals surface area (Å²) in [6, 6.07) is 6.01. The Balaban J connectivity index is 2.60. The second-order valence-electron chi connectivity index (χ2n) is 3.59. The highest BCUT2D eigenvalue weighted by Crippen LogP contribution is 2.34. The van der Waals surface area contributed by atoms with Gasteiger partial charge < -0.3 is 14.6 Å². The SMILES string of the molecule is COc1ccc(OC)c(-c2ncc(O)cc2F)c1. The van der Waals surface area contributed by atoms with E-state index in [1.807, 2.05) is 0 Å². The Morgan fingerprint density at radius 1 is 1.17 bits per heavy atom. The number of benzene rings is 1. The molecule has 1 heterocycles. The number of hydrogen-bond donors (Lipinski definition) is 1. The predicted molar refractivity (Wildman–Crippen MR) is 64.4 cm³/mol. The lowest BCUT2D eigenvalue weighted by atomic mass is 10.1. The number of aromatic hydroxyl groups is 1. The first-order valence-corrected chi connectivity index (χ1v) is 5.22. The Morgan fingerprint density at radius 3 is 2.56 bits per heavy atom. The van der Waals surface area contributed by atoms with E-state index < -0.39 is 5.82 Å². The minimum absolute atomic E-state index is 0.101. The first-order chi connectivity index (χ1) is 8.65. The van der Waals surface area contributed by atoms with Crippen LogP contribution in [0, 0.1) is 5.82 Å². The fourth-order valence-electron chi connectivity index (χ4n) is 1.63. The zero-order valence-corrected chi connectivity index (χ0v) is 9.98. The molecule has 2 rings (SSSR count). The third-order valence-corrected chi connectivity index (χ3v) is 2.49. The van der Waals surface area contributed by atoms with E-state index in [0.717, 1.165) is 6.07 Å². The van der Waals surface area contributed by atoms with Crippen LogP contribution in [0.15, 0.2) is 30.5 Å². The molecule has 5 heteroatoms. The molecule has 1 N–H and O–H groups in total. The smallest absolute Gasteiger partial charge is 0.153 e. The highest BCUT2D eigenvalue weighted by atomic mass is 19.1. The molecule has 1 aromatic carbocycles.